The standard InChI is InChI=1S/C25H26F3N5O2/c26-25(27,28)16-5-8-21(29-15-16)32-13-11-17(12-14-32)30-23(34)10-9-22-31-20-4-2-1-3-19(20)24(35)33(22)18-6-7-18/h1-5,8,15,17-18H,6-7,9-14H2,(H,30,34). The van der Waals surface area contributed by atoms with Crippen molar-refractivity contribution in [3.63, 3.8) is 0 Å². The van der Waals surface area contributed by atoms with Gasteiger partial charge in [0.15, 0.2) is 0 Å². The smallest absolute Gasteiger partial charge is 0.356 e. The molecule has 184 valence electrons. The van der Waals surface area contributed by atoms with Gasteiger partial charge < -0.3 is 10.2 Å². The Morgan fingerprint density at radius 1 is 1.06 bits per heavy atom. The summed E-state index contributed by atoms with van der Waals surface area (Å²) < 4.78 is 40.0. The SMILES string of the molecule is O=C(CCc1nc2ccccc2c(=O)n1C1CC1)NC1CCN(c2ccc(C(F)(F)F)cn2)CC1. The summed E-state index contributed by atoms with van der Waals surface area (Å²) in [4.78, 5) is 36.2. The molecule has 1 aliphatic heterocycles. The summed E-state index contributed by atoms with van der Waals surface area (Å²) in [6, 6.07) is 9.86. The second-order valence-corrected chi connectivity index (χ2v) is 9.18. The third-order valence-corrected chi connectivity index (χ3v) is 6.63. The fraction of sp³-hybridized carbons (Fsp3) is 0.440. The van der Waals surface area contributed by atoms with E-state index in [1.807, 2.05) is 23.1 Å². The number of anilines is 1. The highest BCUT2D eigenvalue weighted by molar-refractivity contribution is 5.78. The average Bonchev–Trinajstić information content (AvgIpc) is 3.68. The maximum absolute atomic E-state index is 13.0. The molecule has 1 aliphatic carbocycles. The van der Waals surface area contributed by atoms with Crippen LogP contribution in [0.5, 0.6) is 0 Å². The Hall–Kier alpha value is -3.43. The normalized spacial score (nSPS) is 17.1. The molecule has 2 fully saturated rings. The zero-order chi connectivity index (χ0) is 24.6. The summed E-state index contributed by atoms with van der Waals surface area (Å²) in [7, 11) is 0. The van der Waals surface area contributed by atoms with Crippen molar-refractivity contribution in [3.8, 4) is 0 Å². The predicted octanol–water partition coefficient (Wildman–Crippen LogP) is 3.86. The minimum atomic E-state index is -4.40. The van der Waals surface area contributed by atoms with Gasteiger partial charge >= 0.3 is 6.18 Å². The van der Waals surface area contributed by atoms with Crippen LogP contribution in [0.2, 0.25) is 0 Å². The molecule has 0 unspecified atom stereocenters. The number of hydrogen-bond donors (Lipinski definition) is 1. The molecule has 3 aromatic rings. The van der Waals surface area contributed by atoms with Crippen LogP contribution >= 0.6 is 0 Å². The number of fused-ring (bicyclic) bond motifs is 1. The van der Waals surface area contributed by atoms with Gasteiger partial charge in [0.2, 0.25) is 5.91 Å². The quantitative estimate of drug-likeness (QED) is 0.574. The lowest BCUT2D eigenvalue weighted by atomic mass is 10.0. The van der Waals surface area contributed by atoms with Gasteiger partial charge in [-0.2, -0.15) is 13.2 Å². The van der Waals surface area contributed by atoms with Gasteiger partial charge in [0.1, 0.15) is 11.6 Å². The van der Waals surface area contributed by atoms with Crippen LogP contribution in [-0.2, 0) is 17.4 Å². The van der Waals surface area contributed by atoms with E-state index in [9.17, 15) is 22.8 Å². The number of alkyl halides is 3. The number of hydrogen-bond acceptors (Lipinski definition) is 5. The van der Waals surface area contributed by atoms with Gasteiger partial charge in [-0.15, -0.1) is 0 Å². The topological polar surface area (TPSA) is 80.1 Å². The molecule has 0 atom stereocenters. The molecule has 0 bridgehead atoms. The van der Waals surface area contributed by atoms with Crippen LogP contribution < -0.4 is 15.8 Å². The zero-order valence-electron chi connectivity index (χ0n) is 19.1. The second kappa shape index (κ2) is 9.31. The molecule has 3 heterocycles. The van der Waals surface area contributed by atoms with Crippen LogP contribution in [0.25, 0.3) is 10.9 Å². The number of amides is 1. The Bertz CT molecular complexity index is 1280. The van der Waals surface area contributed by atoms with Gasteiger partial charge in [-0.05, 0) is 49.9 Å². The molecule has 10 heteroatoms. The van der Waals surface area contributed by atoms with Gasteiger partial charge in [0.25, 0.3) is 5.56 Å². The Labute approximate surface area is 200 Å². The molecule has 1 N–H and O–H groups in total. The van der Waals surface area contributed by atoms with Crippen molar-refractivity contribution in [2.75, 3.05) is 18.0 Å². The van der Waals surface area contributed by atoms with E-state index in [-0.39, 0.29) is 30.0 Å². The molecule has 1 saturated carbocycles. The molecule has 2 aromatic heterocycles. The van der Waals surface area contributed by atoms with E-state index in [1.54, 1.807) is 10.6 Å². The lowest BCUT2D eigenvalue weighted by Gasteiger charge is -2.33. The highest BCUT2D eigenvalue weighted by atomic mass is 19.4. The van der Waals surface area contributed by atoms with E-state index in [4.69, 9.17) is 0 Å². The van der Waals surface area contributed by atoms with Crippen molar-refractivity contribution in [1.29, 1.82) is 0 Å². The number of piperidine rings is 1. The van der Waals surface area contributed by atoms with Crippen LogP contribution in [0, 0.1) is 0 Å². The number of aromatic nitrogens is 3. The minimum Gasteiger partial charge on any atom is -0.356 e. The molecule has 2 aliphatic rings. The molecule has 0 radical (unpaired) electrons. The largest absolute Gasteiger partial charge is 0.417 e. The van der Waals surface area contributed by atoms with Crippen molar-refractivity contribution in [1.82, 2.24) is 19.9 Å². The number of carbonyl (C=O) groups excluding carboxylic acids is 1. The number of nitrogens with zero attached hydrogens (tertiary/aromatic N) is 4. The first-order valence-corrected chi connectivity index (χ1v) is 11.9. The summed E-state index contributed by atoms with van der Waals surface area (Å²) in [6.07, 6.45) is 0.320. The van der Waals surface area contributed by atoms with Crippen molar-refractivity contribution >= 4 is 22.6 Å². The van der Waals surface area contributed by atoms with Crippen LogP contribution in [0.1, 0.15) is 49.5 Å². The summed E-state index contributed by atoms with van der Waals surface area (Å²) in [5.41, 5.74) is -0.164. The summed E-state index contributed by atoms with van der Waals surface area (Å²) in [6.45, 7) is 1.19. The van der Waals surface area contributed by atoms with Gasteiger partial charge in [-0.3, -0.25) is 14.2 Å². The number of halogens is 3. The first-order valence-electron chi connectivity index (χ1n) is 11.9. The highest BCUT2D eigenvalue weighted by Crippen LogP contribution is 2.35. The number of benzene rings is 1. The highest BCUT2D eigenvalue weighted by Gasteiger charge is 2.31. The van der Waals surface area contributed by atoms with Crippen LogP contribution in [0.4, 0.5) is 19.0 Å². The summed E-state index contributed by atoms with van der Waals surface area (Å²) in [5, 5.41) is 3.66. The van der Waals surface area contributed by atoms with Crippen molar-refractivity contribution in [2.45, 2.75) is 56.8 Å². The first-order chi connectivity index (χ1) is 16.8. The Balaban J connectivity index is 1.16. The van der Waals surface area contributed by atoms with Gasteiger partial charge in [0, 0.05) is 44.2 Å². The first kappa shape index (κ1) is 23.3. The lowest BCUT2D eigenvalue weighted by Crippen LogP contribution is -2.45. The number of rotatable bonds is 6. The van der Waals surface area contributed by atoms with Gasteiger partial charge in [0.05, 0.1) is 16.5 Å². The van der Waals surface area contributed by atoms with E-state index in [0.717, 1.165) is 25.1 Å². The molecule has 0 spiro atoms. The van der Waals surface area contributed by atoms with Crippen LogP contribution in [0.3, 0.4) is 0 Å². The van der Waals surface area contributed by atoms with Gasteiger partial charge in [-0.1, -0.05) is 12.1 Å². The number of aryl methyl sites for hydroxylation is 1. The third-order valence-electron chi connectivity index (χ3n) is 6.63. The van der Waals surface area contributed by atoms with E-state index in [2.05, 4.69) is 15.3 Å². The molecule has 1 aromatic carbocycles. The molecular formula is C25H26F3N5O2. The zero-order valence-corrected chi connectivity index (χ0v) is 19.1. The number of pyridine rings is 1. The maximum Gasteiger partial charge on any atom is 0.417 e. The van der Waals surface area contributed by atoms with Crippen molar-refractivity contribution < 1.29 is 18.0 Å². The Morgan fingerprint density at radius 2 is 1.80 bits per heavy atom. The monoisotopic (exact) mass is 485 g/mol. The molecule has 5 rings (SSSR count). The van der Waals surface area contributed by atoms with Crippen molar-refractivity contribution in [2.24, 2.45) is 0 Å². The Morgan fingerprint density at radius 3 is 2.46 bits per heavy atom. The Kier molecular flexibility index (Phi) is 6.21. The number of carbonyl (C=O) groups is 1. The molecule has 1 saturated heterocycles. The summed E-state index contributed by atoms with van der Waals surface area (Å²) >= 11 is 0. The molecular weight excluding hydrogens is 459 g/mol. The van der Waals surface area contributed by atoms with E-state index in [1.165, 1.54) is 6.07 Å². The summed E-state index contributed by atoms with van der Waals surface area (Å²) in [5.74, 6) is 1.05. The van der Waals surface area contributed by atoms with Crippen molar-refractivity contribution in [3.05, 3.63) is 64.3 Å². The van der Waals surface area contributed by atoms with Crippen LogP contribution in [0.15, 0.2) is 47.4 Å². The predicted molar refractivity (Wildman–Crippen MR) is 125 cm³/mol. The van der Waals surface area contributed by atoms with E-state index < -0.39 is 11.7 Å². The van der Waals surface area contributed by atoms with Crippen LogP contribution in [-0.4, -0.2) is 39.6 Å². The molecule has 7 nitrogen and oxygen atoms in total. The minimum absolute atomic E-state index is 0.0108. The molecule has 35 heavy (non-hydrogen) atoms. The fourth-order valence-electron chi connectivity index (χ4n) is 4.60. The molecule has 1 amide bonds. The average molecular weight is 486 g/mol. The third kappa shape index (κ3) is 5.16. The van der Waals surface area contributed by atoms with E-state index in [0.29, 0.717) is 54.9 Å². The number of nitrogens with one attached hydrogen (secondary N) is 1. The fourth-order valence-corrected chi connectivity index (χ4v) is 4.60. The maximum atomic E-state index is 13.0. The van der Waals surface area contributed by atoms with E-state index >= 15 is 0 Å². The lowest BCUT2D eigenvalue weighted by molar-refractivity contribution is -0.137. The van der Waals surface area contributed by atoms with Gasteiger partial charge in [-0.25, -0.2) is 9.97 Å². The second-order valence-electron chi connectivity index (χ2n) is 9.18. The number of para-hydroxylation sites is 1.